The van der Waals surface area contributed by atoms with Gasteiger partial charge in [-0.05, 0) is 66.7 Å². The SMILES string of the molecule is O=C(O)CCC1CCN(C(=O)C2(NC(=O)OCC3c4ccccc4-c4ccccc43)CCC2)CC1. The number of likely N-dealkylation sites (tertiary alicyclic amines) is 1. The van der Waals surface area contributed by atoms with Crippen LogP contribution in [0.15, 0.2) is 48.5 Å². The fraction of sp³-hybridized carbons (Fsp3) is 0.464. The highest BCUT2D eigenvalue weighted by Crippen LogP contribution is 2.44. The number of fused-ring (bicyclic) bond motifs is 3. The topological polar surface area (TPSA) is 95.9 Å². The highest BCUT2D eigenvalue weighted by atomic mass is 16.5. The fourth-order valence-electron chi connectivity index (χ4n) is 5.81. The third kappa shape index (κ3) is 4.64. The summed E-state index contributed by atoms with van der Waals surface area (Å²) in [6.07, 6.45) is 4.03. The molecule has 2 amide bonds. The molecule has 5 rings (SSSR count). The van der Waals surface area contributed by atoms with Gasteiger partial charge in [0.05, 0.1) is 0 Å². The Morgan fingerprint density at radius 2 is 1.57 bits per heavy atom. The molecule has 0 radical (unpaired) electrons. The lowest BCUT2D eigenvalue weighted by Crippen LogP contribution is -2.64. The van der Waals surface area contributed by atoms with Gasteiger partial charge in [0, 0.05) is 25.4 Å². The van der Waals surface area contributed by atoms with Crippen LogP contribution >= 0.6 is 0 Å². The summed E-state index contributed by atoms with van der Waals surface area (Å²) in [6.45, 7) is 1.44. The van der Waals surface area contributed by atoms with Crippen molar-refractivity contribution < 1.29 is 24.2 Å². The molecule has 35 heavy (non-hydrogen) atoms. The van der Waals surface area contributed by atoms with Crippen LogP contribution in [0, 0.1) is 5.92 Å². The fourth-order valence-corrected chi connectivity index (χ4v) is 5.81. The first-order valence-electron chi connectivity index (χ1n) is 12.6. The minimum absolute atomic E-state index is 0.0222. The van der Waals surface area contributed by atoms with Gasteiger partial charge in [-0.15, -0.1) is 0 Å². The van der Waals surface area contributed by atoms with Crippen molar-refractivity contribution in [2.75, 3.05) is 19.7 Å². The number of amides is 2. The number of aliphatic carboxylic acids is 1. The zero-order chi connectivity index (χ0) is 24.4. The molecule has 2 N–H and O–H groups in total. The molecule has 2 aromatic rings. The van der Waals surface area contributed by atoms with E-state index in [9.17, 15) is 14.4 Å². The van der Waals surface area contributed by atoms with E-state index in [4.69, 9.17) is 9.84 Å². The standard InChI is InChI=1S/C28H32N2O5/c31-25(32)11-10-19-12-16-30(17-13-19)26(33)28(14-5-15-28)29-27(34)35-18-24-22-8-3-1-6-20(22)21-7-2-4-9-23(21)24/h1-4,6-9,19,24H,5,10-18H2,(H,29,34)(H,31,32). The van der Waals surface area contributed by atoms with E-state index in [0.717, 1.165) is 30.4 Å². The highest BCUT2D eigenvalue weighted by Gasteiger charge is 2.48. The highest BCUT2D eigenvalue weighted by molar-refractivity contribution is 5.91. The van der Waals surface area contributed by atoms with Crippen molar-refractivity contribution >= 4 is 18.0 Å². The van der Waals surface area contributed by atoms with Crippen molar-refractivity contribution in [3.8, 4) is 11.1 Å². The van der Waals surface area contributed by atoms with Gasteiger partial charge in [-0.3, -0.25) is 9.59 Å². The van der Waals surface area contributed by atoms with Crippen LogP contribution in [0.1, 0.15) is 62.0 Å². The number of carboxylic acid groups (broad SMARTS) is 1. The van der Waals surface area contributed by atoms with Gasteiger partial charge in [0.1, 0.15) is 12.1 Å². The molecule has 2 fully saturated rings. The Morgan fingerprint density at radius 3 is 2.11 bits per heavy atom. The van der Waals surface area contributed by atoms with Crippen LogP contribution in [0.25, 0.3) is 11.1 Å². The van der Waals surface area contributed by atoms with Crippen molar-refractivity contribution in [1.29, 1.82) is 0 Å². The first-order chi connectivity index (χ1) is 17.0. The number of hydrogen-bond acceptors (Lipinski definition) is 4. The van der Waals surface area contributed by atoms with Crippen molar-refractivity contribution in [3.63, 3.8) is 0 Å². The molecule has 7 heteroatoms. The number of carbonyl (C=O) groups excluding carboxylic acids is 2. The van der Waals surface area contributed by atoms with Gasteiger partial charge in [-0.25, -0.2) is 4.79 Å². The van der Waals surface area contributed by atoms with Gasteiger partial charge in [-0.1, -0.05) is 48.5 Å². The molecule has 7 nitrogen and oxygen atoms in total. The number of carboxylic acids is 1. The normalized spacial score (nSPS) is 18.8. The van der Waals surface area contributed by atoms with Crippen LogP contribution in [0.3, 0.4) is 0 Å². The lowest BCUT2D eigenvalue weighted by Gasteiger charge is -2.45. The second kappa shape index (κ2) is 9.72. The van der Waals surface area contributed by atoms with Crippen molar-refractivity contribution in [3.05, 3.63) is 59.7 Å². The van der Waals surface area contributed by atoms with E-state index in [1.165, 1.54) is 11.1 Å². The van der Waals surface area contributed by atoms with E-state index in [-0.39, 0.29) is 24.9 Å². The lowest BCUT2D eigenvalue weighted by atomic mass is 9.75. The van der Waals surface area contributed by atoms with E-state index in [1.54, 1.807) is 0 Å². The van der Waals surface area contributed by atoms with Gasteiger partial charge >= 0.3 is 12.1 Å². The summed E-state index contributed by atoms with van der Waals surface area (Å²) in [7, 11) is 0. The van der Waals surface area contributed by atoms with Crippen molar-refractivity contribution in [2.45, 2.75) is 56.4 Å². The van der Waals surface area contributed by atoms with E-state index >= 15 is 0 Å². The molecule has 1 heterocycles. The molecular formula is C28H32N2O5. The second-order valence-corrected chi connectivity index (χ2v) is 10.1. The third-order valence-electron chi connectivity index (χ3n) is 7.97. The molecule has 0 bridgehead atoms. The maximum atomic E-state index is 13.4. The first-order valence-corrected chi connectivity index (χ1v) is 12.6. The number of nitrogens with one attached hydrogen (secondary N) is 1. The summed E-state index contributed by atoms with van der Waals surface area (Å²) in [5.41, 5.74) is 3.78. The molecule has 1 aliphatic heterocycles. The summed E-state index contributed by atoms with van der Waals surface area (Å²) >= 11 is 0. The summed E-state index contributed by atoms with van der Waals surface area (Å²) in [5, 5.41) is 11.8. The Balaban J connectivity index is 1.18. The lowest BCUT2D eigenvalue weighted by molar-refractivity contribution is -0.144. The number of alkyl carbamates (subject to hydrolysis) is 1. The van der Waals surface area contributed by atoms with Gasteiger partial charge in [0.2, 0.25) is 5.91 Å². The number of rotatable bonds is 7. The maximum absolute atomic E-state index is 13.4. The molecular weight excluding hydrogens is 444 g/mol. The van der Waals surface area contributed by atoms with Crippen LogP contribution in [0.4, 0.5) is 4.79 Å². The van der Waals surface area contributed by atoms with Gasteiger partial charge in [0.25, 0.3) is 0 Å². The zero-order valence-corrected chi connectivity index (χ0v) is 19.9. The third-order valence-corrected chi connectivity index (χ3v) is 7.97. The molecule has 1 saturated carbocycles. The predicted molar refractivity (Wildman–Crippen MR) is 131 cm³/mol. The Morgan fingerprint density at radius 1 is 0.971 bits per heavy atom. The number of benzene rings is 2. The Kier molecular flexibility index (Phi) is 6.50. The minimum Gasteiger partial charge on any atom is -0.481 e. The summed E-state index contributed by atoms with van der Waals surface area (Å²) in [5.74, 6) is -0.494. The smallest absolute Gasteiger partial charge is 0.408 e. The minimum atomic E-state index is -0.878. The Hall–Kier alpha value is -3.35. The maximum Gasteiger partial charge on any atom is 0.408 e. The second-order valence-electron chi connectivity index (χ2n) is 10.1. The molecule has 184 valence electrons. The summed E-state index contributed by atoms with van der Waals surface area (Å²) in [6, 6.07) is 16.4. The molecule has 3 aliphatic rings. The van der Waals surface area contributed by atoms with E-state index in [2.05, 4.69) is 29.6 Å². The monoisotopic (exact) mass is 476 g/mol. The van der Waals surface area contributed by atoms with Crippen LogP contribution in [0.2, 0.25) is 0 Å². The molecule has 0 unspecified atom stereocenters. The van der Waals surface area contributed by atoms with E-state index in [0.29, 0.717) is 38.3 Å². The molecule has 0 aromatic heterocycles. The number of carbonyl (C=O) groups is 3. The summed E-state index contributed by atoms with van der Waals surface area (Å²) in [4.78, 5) is 38.9. The van der Waals surface area contributed by atoms with Crippen molar-refractivity contribution in [2.24, 2.45) is 5.92 Å². The van der Waals surface area contributed by atoms with E-state index in [1.807, 2.05) is 29.2 Å². The molecule has 2 aliphatic carbocycles. The van der Waals surface area contributed by atoms with Gasteiger partial charge in [0.15, 0.2) is 0 Å². The van der Waals surface area contributed by atoms with Gasteiger partial charge < -0.3 is 20.1 Å². The first kappa shape index (κ1) is 23.4. The Bertz CT molecular complexity index is 1070. The molecule has 0 atom stereocenters. The molecule has 2 aromatic carbocycles. The van der Waals surface area contributed by atoms with Crippen LogP contribution in [-0.4, -0.2) is 53.2 Å². The molecule has 1 saturated heterocycles. The number of piperidine rings is 1. The summed E-state index contributed by atoms with van der Waals surface area (Å²) < 4.78 is 5.70. The number of ether oxygens (including phenoxy) is 1. The number of hydrogen-bond donors (Lipinski definition) is 2. The predicted octanol–water partition coefficient (Wildman–Crippen LogP) is 4.55. The van der Waals surface area contributed by atoms with Crippen LogP contribution in [0.5, 0.6) is 0 Å². The average molecular weight is 477 g/mol. The van der Waals surface area contributed by atoms with Crippen molar-refractivity contribution in [1.82, 2.24) is 10.2 Å². The molecule has 0 spiro atoms. The van der Waals surface area contributed by atoms with Gasteiger partial charge in [-0.2, -0.15) is 0 Å². The zero-order valence-electron chi connectivity index (χ0n) is 19.9. The number of nitrogens with zero attached hydrogens (tertiary/aromatic N) is 1. The van der Waals surface area contributed by atoms with Crippen LogP contribution < -0.4 is 5.32 Å². The van der Waals surface area contributed by atoms with E-state index < -0.39 is 17.6 Å². The average Bonchev–Trinajstić information content (AvgIpc) is 3.17. The van der Waals surface area contributed by atoms with Crippen LogP contribution in [-0.2, 0) is 14.3 Å². The quantitative estimate of drug-likeness (QED) is 0.611. The Labute approximate surface area is 205 Å². The largest absolute Gasteiger partial charge is 0.481 e.